The van der Waals surface area contributed by atoms with E-state index in [0.717, 1.165) is 11.4 Å². The number of imidazole rings is 1. The lowest BCUT2D eigenvalue weighted by molar-refractivity contribution is 1.02. The molecule has 4 aromatic carbocycles. The van der Waals surface area contributed by atoms with Crippen LogP contribution in [0.4, 0.5) is 0 Å². The molecule has 0 aliphatic rings. The average molecular weight is 414 g/mol. The highest BCUT2D eigenvalue weighted by Crippen LogP contribution is 2.34. The first-order valence-corrected chi connectivity index (χ1v) is 10.9. The molecule has 0 saturated heterocycles. The number of aromatic nitrogens is 3. The second kappa shape index (κ2) is 7.24. The maximum atomic E-state index is 4.66. The van der Waals surface area contributed by atoms with Crippen molar-refractivity contribution in [1.29, 1.82) is 0 Å². The first-order valence-electron chi connectivity index (χ1n) is 10.9. The van der Waals surface area contributed by atoms with Gasteiger partial charge in [-0.05, 0) is 49.2 Å². The van der Waals surface area contributed by atoms with Crippen molar-refractivity contribution >= 4 is 21.8 Å². The van der Waals surface area contributed by atoms with Crippen molar-refractivity contribution in [3.63, 3.8) is 0 Å². The van der Waals surface area contributed by atoms with Gasteiger partial charge in [0.15, 0.2) is 0 Å². The van der Waals surface area contributed by atoms with Crippen LogP contribution in [-0.2, 0) is 0 Å². The highest BCUT2D eigenvalue weighted by molar-refractivity contribution is 6.09. The van der Waals surface area contributed by atoms with Crippen molar-refractivity contribution in [2.24, 2.45) is 0 Å². The second-order valence-electron chi connectivity index (χ2n) is 8.28. The summed E-state index contributed by atoms with van der Waals surface area (Å²) in [7, 11) is 0. The van der Waals surface area contributed by atoms with Gasteiger partial charge in [-0.25, -0.2) is 4.98 Å². The number of hydrogen-bond donors (Lipinski definition) is 0. The molecule has 0 aliphatic carbocycles. The molecule has 154 valence electrons. The molecule has 0 fully saturated rings. The summed E-state index contributed by atoms with van der Waals surface area (Å²) in [5, 5.41) is 2.56. The summed E-state index contributed by atoms with van der Waals surface area (Å²) in [4.78, 5) is 4.66. The van der Waals surface area contributed by atoms with Crippen LogP contribution in [0.2, 0.25) is 0 Å². The summed E-state index contributed by atoms with van der Waals surface area (Å²) in [6.07, 6.45) is 3.93. The van der Waals surface area contributed by atoms with Crippen molar-refractivity contribution in [3.8, 4) is 22.8 Å². The normalized spacial score (nSPS) is 11.4. The Morgan fingerprint density at radius 3 is 1.84 bits per heavy atom. The Kier molecular flexibility index (Phi) is 4.22. The third-order valence-corrected chi connectivity index (χ3v) is 6.23. The van der Waals surface area contributed by atoms with E-state index in [0.29, 0.717) is 0 Å². The van der Waals surface area contributed by atoms with Gasteiger partial charge in [0.2, 0.25) is 0 Å². The van der Waals surface area contributed by atoms with Gasteiger partial charge < -0.3 is 4.57 Å². The zero-order valence-corrected chi connectivity index (χ0v) is 18.2. The average Bonchev–Trinajstić information content (AvgIpc) is 3.42. The van der Waals surface area contributed by atoms with Crippen molar-refractivity contribution in [2.75, 3.05) is 0 Å². The topological polar surface area (TPSA) is 22.8 Å². The van der Waals surface area contributed by atoms with E-state index in [-0.39, 0.29) is 0 Å². The molecule has 0 saturated carbocycles. The van der Waals surface area contributed by atoms with E-state index in [9.17, 15) is 0 Å². The number of rotatable bonds is 3. The van der Waals surface area contributed by atoms with Crippen LogP contribution in [-0.4, -0.2) is 14.1 Å². The van der Waals surface area contributed by atoms with Gasteiger partial charge in [-0.15, -0.1) is 0 Å². The van der Waals surface area contributed by atoms with Crippen LogP contribution >= 0.6 is 0 Å². The fourth-order valence-electron chi connectivity index (χ4n) is 4.93. The Hall–Kier alpha value is -4.11. The lowest BCUT2D eigenvalue weighted by Gasteiger charge is -2.17. The molecule has 0 atom stereocenters. The number of benzene rings is 4. The zero-order valence-electron chi connectivity index (χ0n) is 18.2. The molecule has 0 unspecified atom stereocenters. The zero-order chi connectivity index (χ0) is 21.7. The molecule has 0 bridgehead atoms. The summed E-state index contributed by atoms with van der Waals surface area (Å²) in [5.74, 6) is 0.960. The van der Waals surface area contributed by atoms with E-state index in [1.807, 2.05) is 12.3 Å². The molecule has 6 rings (SSSR count). The van der Waals surface area contributed by atoms with Crippen molar-refractivity contribution < 1.29 is 0 Å². The van der Waals surface area contributed by atoms with Gasteiger partial charge in [-0.3, -0.25) is 4.57 Å². The number of fused-ring (bicyclic) bond motifs is 3. The van der Waals surface area contributed by atoms with Gasteiger partial charge in [0.1, 0.15) is 5.82 Å². The quantitative estimate of drug-likeness (QED) is 0.299. The number of nitrogens with zero attached hydrogens (tertiary/aromatic N) is 3. The molecular formula is C29H23N3. The van der Waals surface area contributed by atoms with Crippen LogP contribution in [0.25, 0.3) is 44.6 Å². The third-order valence-electron chi connectivity index (χ3n) is 6.23. The first-order chi connectivity index (χ1) is 15.7. The van der Waals surface area contributed by atoms with E-state index in [1.165, 1.54) is 44.3 Å². The van der Waals surface area contributed by atoms with Gasteiger partial charge in [-0.2, -0.15) is 0 Å². The van der Waals surface area contributed by atoms with Crippen LogP contribution in [0, 0.1) is 13.8 Å². The van der Waals surface area contributed by atoms with Crippen LogP contribution in [0.3, 0.4) is 0 Å². The van der Waals surface area contributed by atoms with Crippen LogP contribution in [0.1, 0.15) is 11.1 Å². The molecule has 3 heteroatoms. The predicted molar refractivity (Wildman–Crippen MR) is 133 cm³/mol. The van der Waals surface area contributed by atoms with E-state index >= 15 is 0 Å². The Balaban J connectivity index is 1.57. The van der Waals surface area contributed by atoms with Crippen molar-refractivity contribution in [2.45, 2.75) is 13.8 Å². The predicted octanol–water partition coefficient (Wildman–Crippen LogP) is 7.25. The minimum atomic E-state index is 0.960. The highest BCUT2D eigenvalue weighted by atomic mass is 15.1. The fourth-order valence-corrected chi connectivity index (χ4v) is 4.93. The summed E-state index contributed by atoms with van der Waals surface area (Å²) in [5.41, 5.74) is 8.38. The minimum absolute atomic E-state index is 0.960. The largest absolute Gasteiger partial charge is 0.309 e. The lowest BCUT2D eigenvalue weighted by atomic mass is 10.1. The lowest BCUT2D eigenvalue weighted by Crippen LogP contribution is -2.04. The standard InChI is InChI=1S/C29H23N3/c1-20-18-23(32-26-14-8-6-12-24(26)25-13-7-9-15-27(25)32)19-21(2)28(20)31-17-16-30-29(31)22-10-4-3-5-11-22/h3-19H,1-2H3. The van der Waals surface area contributed by atoms with Crippen LogP contribution < -0.4 is 0 Å². The minimum Gasteiger partial charge on any atom is -0.309 e. The molecule has 0 amide bonds. The highest BCUT2D eigenvalue weighted by Gasteiger charge is 2.16. The van der Waals surface area contributed by atoms with Gasteiger partial charge in [0.05, 0.1) is 16.7 Å². The van der Waals surface area contributed by atoms with E-state index < -0.39 is 0 Å². The number of para-hydroxylation sites is 2. The Morgan fingerprint density at radius 1 is 0.656 bits per heavy atom. The van der Waals surface area contributed by atoms with Gasteiger partial charge >= 0.3 is 0 Å². The molecule has 2 aromatic heterocycles. The van der Waals surface area contributed by atoms with E-state index in [2.05, 4.69) is 119 Å². The van der Waals surface area contributed by atoms with Gasteiger partial charge in [0.25, 0.3) is 0 Å². The molecule has 6 aromatic rings. The first kappa shape index (κ1) is 18.6. The molecular weight excluding hydrogens is 390 g/mol. The Labute approximate surface area is 187 Å². The molecule has 2 heterocycles. The van der Waals surface area contributed by atoms with E-state index in [1.54, 1.807) is 0 Å². The monoisotopic (exact) mass is 413 g/mol. The van der Waals surface area contributed by atoms with Gasteiger partial charge in [-0.1, -0.05) is 66.7 Å². The number of aryl methyl sites for hydroxylation is 2. The summed E-state index contributed by atoms with van der Waals surface area (Å²) >= 11 is 0. The van der Waals surface area contributed by atoms with E-state index in [4.69, 9.17) is 0 Å². The third kappa shape index (κ3) is 2.78. The van der Waals surface area contributed by atoms with Crippen LogP contribution in [0.15, 0.2) is 103 Å². The molecule has 32 heavy (non-hydrogen) atoms. The fraction of sp³-hybridized carbons (Fsp3) is 0.0690. The second-order valence-corrected chi connectivity index (χ2v) is 8.28. The van der Waals surface area contributed by atoms with Crippen molar-refractivity contribution in [3.05, 3.63) is 115 Å². The summed E-state index contributed by atoms with van der Waals surface area (Å²) in [6.45, 7) is 4.38. The van der Waals surface area contributed by atoms with Gasteiger partial charge in [0, 0.05) is 34.4 Å². The molecule has 0 radical (unpaired) electrons. The van der Waals surface area contributed by atoms with Crippen LogP contribution in [0.5, 0.6) is 0 Å². The molecule has 3 nitrogen and oxygen atoms in total. The SMILES string of the molecule is Cc1cc(-n2c3ccccc3c3ccccc32)cc(C)c1-n1ccnc1-c1ccccc1. The molecule has 0 N–H and O–H groups in total. The maximum Gasteiger partial charge on any atom is 0.144 e. The van der Waals surface area contributed by atoms with Crippen molar-refractivity contribution in [1.82, 2.24) is 14.1 Å². The maximum absolute atomic E-state index is 4.66. The molecule has 0 aliphatic heterocycles. The molecule has 0 spiro atoms. The smallest absolute Gasteiger partial charge is 0.144 e. The summed E-state index contributed by atoms with van der Waals surface area (Å²) in [6, 6.07) is 32.2. The summed E-state index contributed by atoms with van der Waals surface area (Å²) < 4.78 is 4.58. The Morgan fingerprint density at radius 2 is 1.22 bits per heavy atom. The Bertz CT molecular complexity index is 1510. The number of hydrogen-bond acceptors (Lipinski definition) is 1.